The molecule has 1 aromatic carbocycles. The van der Waals surface area contributed by atoms with Gasteiger partial charge in [-0.2, -0.15) is 0 Å². The number of β-amino-alcohol motifs (C(OH)–C–C–N with tert-alkyl or cyclic N) is 2. The first-order valence-corrected chi connectivity index (χ1v) is 6.52. The van der Waals surface area contributed by atoms with Crippen LogP contribution < -0.4 is 5.32 Å². The van der Waals surface area contributed by atoms with Crippen molar-refractivity contribution < 1.29 is 15.0 Å². The minimum absolute atomic E-state index is 0.152. The van der Waals surface area contributed by atoms with E-state index >= 15 is 0 Å². The van der Waals surface area contributed by atoms with Gasteiger partial charge in [-0.25, -0.2) is 0 Å². The second-order valence-electron chi connectivity index (χ2n) is 4.70. The van der Waals surface area contributed by atoms with Crippen LogP contribution in [0.25, 0.3) is 0 Å². The van der Waals surface area contributed by atoms with Crippen LogP contribution in [-0.2, 0) is 11.3 Å². The third-order valence-electron chi connectivity index (χ3n) is 3.14. The zero-order valence-corrected chi connectivity index (χ0v) is 11.2. The van der Waals surface area contributed by atoms with Crippen LogP contribution >= 0.6 is 11.6 Å². The lowest BCUT2D eigenvalue weighted by Crippen LogP contribution is -2.36. The third-order valence-corrected chi connectivity index (χ3v) is 3.50. The molecule has 19 heavy (non-hydrogen) atoms. The highest BCUT2D eigenvalue weighted by Crippen LogP contribution is 2.14. The van der Waals surface area contributed by atoms with Gasteiger partial charge in [0.25, 0.3) is 0 Å². The van der Waals surface area contributed by atoms with Crippen molar-refractivity contribution in [2.45, 2.75) is 18.8 Å². The smallest absolute Gasteiger partial charge is 0.234 e. The number of halogens is 1. The zero-order chi connectivity index (χ0) is 13.8. The molecule has 2 rings (SSSR count). The Morgan fingerprint density at radius 3 is 2.58 bits per heavy atom. The summed E-state index contributed by atoms with van der Waals surface area (Å²) in [6, 6.07) is 7.32. The fourth-order valence-corrected chi connectivity index (χ4v) is 2.27. The molecule has 1 aliphatic rings. The normalized spacial score (nSPS) is 23.5. The molecule has 6 heteroatoms. The summed E-state index contributed by atoms with van der Waals surface area (Å²) in [4.78, 5) is 13.5. The van der Waals surface area contributed by atoms with E-state index in [9.17, 15) is 15.0 Å². The van der Waals surface area contributed by atoms with Crippen LogP contribution in [0.15, 0.2) is 24.3 Å². The molecule has 3 N–H and O–H groups in total. The predicted octanol–water partition coefficient (Wildman–Crippen LogP) is -0.00640. The Morgan fingerprint density at radius 2 is 1.95 bits per heavy atom. The monoisotopic (exact) mass is 284 g/mol. The Bertz CT molecular complexity index is 445. The lowest BCUT2D eigenvalue weighted by molar-refractivity contribution is -0.122. The number of benzene rings is 1. The van der Waals surface area contributed by atoms with Crippen molar-refractivity contribution in [1.82, 2.24) is 10.2 Å². The highest BCUT2D eigenvalue weighted by molar-refractivity contribution is 6.31. The minimum atomic E-state index is -0.767. The maximum absolute atomic E-state index is 11.7. The van der Waals surface area contributed by atoms with Gasteiger partial charge in [0.1, 0.15) is 0 Å². The number of nitrogens with one attached hydrogen (secondary N) is 1. The van der Waals surface area contributed by atoms with Gasteiger partial charge in [0.15, 0.2) is 0 Å². The van der Waals surface area contributed by atoms with Gasteiger partial charge in [0, 0.05) is 24.7 Å². The highest BCUT2D eigenvalue weighted by atomic mass is 35.5. The summed E-state index contributed by atoms with van der Waals surface area (Å²) in [6.45, 7) is 1.18. The summed E-state index contributed by atoms with van der Waals surface area (Å²) >= 11 is 5.99. The first kappa shape index (κ1) is 14.3. The number of nitrogens with zero attached hydrogens (tertiary/aromatic N) is 1. The summed E-state index contributed by atoms with van der Waals surface area (Å²) in [5.74, 6) is -0.152. The van der Waals surface area contributed by atoms with Crippen molar-refractivity contribution >= 4 is 17.5 Å². The van der Waals surface area contributed by atoms with Gasteiger partial charge >= 0.3 is 0 Å². The fraction of sp³-hybridized carbons (Fsp3) is 0.462. The van der Waals surface area contributed by atoms with Crippen molar-refractivity contribution in [3.63, 3.8) is 0 Å². The molecule has 2 unspecified atom stereocenters. The predicted molar refractivity (Wildman–Crippen MR) is 71.8 cm³/mol. The number of likely N-dealkylation sites (tertiary alicyclic amines) is 1. The van der Waals surface area contributed by atoms with E-state index in [2.05, 4.69) is 5.32 Å². The fourth-order valence-electron chi connectivity index (χ4n) is 2.07. The molecule has 2 atom stereocenters. The van der Waals surface area contributed by atoms with Crippen LogP contribution in [0, 0.1) is 0 Å². The van der Waals surface area contributed by atoms with Crippen molar-refractivity contribution in [2.24, 2.45) is 0 Å². The molecule has 0 bridgehead atoms. The SMILES string of the molecule is O=C(CN1CC(O)C(O)C1)NCc1ccccc1Cl. The Morgan fingerprint density at radius 1 is 1.32 bits per heavy atom. The van der Waals surface area contributed by atoms with Gasteiger partial charge in [-0.1, -0.05) is 29.8 Å². The van der Waals surface area contributed by atoms with Crippen molar-refractivity contribution in [3.05, 3.63) is 34.9 Å². The molecular weight excluding hydrogens is 268 g/mol. The summed E-state index contributed by atoms with van der Waals surface area (Å²) in [6.07, 6.45) is -1.53. The Balaban J connectivity index is 1.78. The molecule has 1 heterocycles. The van der Waals surface area contributed by atoms with E-state index in [0.717, 1.165) is 5.56 Å². The van der Waals surface area contributed by atoms with E-state index in [1.807, 2.05) is 18.2 Å². The van der Waals surface area contributed by atoms with Crippen molar-refractivity contribution in [1.29, 1.82) is 0 Å². The van der Waals surface area contributed by atoms with Gasteiger partial charge in [-0.15, -0.1) is 0 Å². The van der Waals surface area contributed by atoms with Gasteiger partial charge in [-0.3, -0.25) is 9.69 Å². The molecule has 0 saturated carbocycles. The van der Waals surface area contributed by atoms with Crippen LogP contribution in [0.4, 0.5) is 0 Å². The molecule has 104 valence electrons. The molecule has 1 amide bonds. The number of hydrogen-bond donors (Lipinski definition) is 3. The summed E-state index contributed by atoms with van der Waals surface area (Å²) in [7, 11) is 0. The molecular formula is C13H17ClN2O3. The maximum atomic E-state index is 11.7. The number of aliphatic hydroxyl groups excluding tert-OH is 2. The van der Waals surface area contributed by atoms with Crippen LogP contribution in [0.2, 0.25) is 5.02 Å². The molecule has 0 aliphatic carbocycles. The molecule has 1 aliphatic heterocycles. The number of rotatable bonds is 4. The Kier molecular flexibility index (Phi) is 4.76. The molecule has 0 aromatic heterocycles. The van der Waals surface area contributed by atoms with Crippen molar-refractivity contribution in [2.75, 3.05) is 19.6 Å². The van der Waals surface area contributed by atoms with E-state index in [1.54, 1.807) is 11.0 Å². The van der Waals surface area contributed by atoms with E-state index < -0.39 is 12.2 Å². The van der Waals surface area contributed by atoms with Gasteiger partial charge < -0.3 is 15.5 Å². The topological polar surface area (TPSA) is 72.8 Å². The van der Waals surface area contributed by atoms with Crippen molar-refractivity contribution in [3.8, 4) is 0 Å². The molecule has 1 fully saturated rings. The van der Waals surface area contributed by atoms with E-state index in [-0.39, 0.29) is 12.5 Å². The largest absolute Gasteiger partial charge is 0.389 e. The van der Waals surface area contributed by atoms with Gasteiger partial charge in [0.05, 0.1) is 18.8 Å². The number of aliphatic hydroxyl groups is 2. The number of carbonyl (C=O) groups is 1. The van der Waals surface area contributed by atoms with E-state index in [4.69, 9.17) is 11.6 Å². The molecule has 5 nitrogen and oxygen atoms in total. The zero-order valence-electron chi connectivity index (χ0n) is 10.4. The second kappa shape index (κ2) is 6.34. The number of carbonyl (C=O) groups excluding carboxylic acids is 1. The van der Waals surface area contributed by atoms with Crippen LogP contribution in [0.1, 0.15) is 5.56 Å². The molecule has 0 spiro atoms. The Hall–Kier alpha value is -1.14. The second-order valence-corrected chi connectivity index (χ2v) is 5.10. The summed E-state index contributed by atoms with van der Waals surface area (Å²) in [5.41, 5.74) is 0.860. The average molecular weight is 285 g/mol. The first-order valence-electron chi connectivity index (χ1n) is 6.15. The maximum Gasteiger partial charge on any atom is 0.234 e. The number of amides is 1. The lowest BCUT2D eigenvalue weighted by Gasteiger charge is -2.14. The van der Waals surface area contributed by atoms with Crippen LogP contribution in [0.3, 0.4) is 0 Å². The first-order chi connectivity index (χ1) is 9.06. The summed E-state index contributed by atoms with van der Waals surface area (Å²) < 4.78 is 0. The molecule has 1 aromatic rings. The lowest BCUT2D eigenvalue weighted by atomic mass is 10.2. The average Bonchev–Trinajstić information content (AvgIpc) is 2.67. The van der Waals surface area contributed by atoms with E-state index in [0.29, 0.717) is 24.7 Å². The van der Waals surface area contributed by atoms with Gasteiger partial charge in [-0.05, 0) is 11.6 Å². The third kappa shape index (κ3) is 3.91. The van der Waals surface area contributed by atoms with Gasteiger partial charge in [0.2, 0.25) is 5.91 Å². The quantitative estimate of drug-likeness (QED) is 0.727. The Labute approximate surface area is 116 Å². The molecule has 1 saturated heterocycles. The molecule has 0 radical (unpaired) electrons. The van der Waals surface area contributed by atoms with Crippen LogP contribution in [0.5, 0.6) is 0 Å². The minimum Gasteiger partial charge on any atom is -0.389 e. The van der Waals surface area contributed by atoms with E-state index in [1.165, 1.54) is 0 Å². The van der Waals surface area contributed by atoms with Crippen LogP contribution in [-0.4, -0.2) is 52.9 Å². The number of hydrogen-bond acceptors (Lipinski definition) is 4. The highest BCUT2D eigenvalue weighted by Gasteiger charge is 2.30. The standard InChI is InChI=1S/C13H17ClN2O3/c14-10-4-2-1-3-9(10)5-15-13(19)8-16-6-11(17)12(18)7-16/h1-4,11-12,17-18H,5-8H2,(H,15,19). The summed E-state index contributed by atoms with van der Waals surface area (Å²) in [5, 5.41) is 22.2.